The zero-order valence-corrected chi connectivity index (χ0v) is 16.5. The molecular formula is C22H30O5. The summed E-state index contributed by atoms with van der Waals surface area (Å²) in [4.78, 5) is 12.7. The van der Waals surface area contributed by atoms with Gasteiger partial charge in [-0.2, -0.15) is 0 Å². The molecule has 5 unspecified atom stereocenters. The number of rotatable bonds is 3. The van der Waals surface area contributed by atoms with Gasteiger partial charge in [-0.15, -0.1) is 0 Å². The van der Waals surface area contributed by atoms with E-state index >= 15 is 0 Å². The standard InChI is InChI=1S/C22H30O5/c1-14(2)17-10-13-21(3,25)11-5-12-22(4)19(27-22)18(17)26-20(24)15-6-8-16(23)9-7-15/h6-10,13-14,17-19,23,25H,5,11-12H2,1-4H3. The van der Waals surface area contributed by atoms with Gasteiger partial charge < -0.3 is 19.7 Å². The average molecular weight is 374 g/mol. The summed E-state index contributed by atoms with van der Waals surface area (Å²) in [6, 6.07) is 6.04. The highest BCUT2D eigenvalue weighted by Gasteiger charge is 2.59. The van der Waals surface area contributed by atoms with Crippen molar-refractivity contribution < 1.29 is 24.5 Å². The molecule has 0 bridgehead atoms. The predicted octanol–water partition coefficient (Wildman–Crippen LogP) is 3.84. The molecule has 3 rings (SSSR count). The summed E-state index contributed by atoms with van der Waals surface area (Å²) < 4.78 is 12.0. The minimum atomic E-state index is -0.878. The first kappa shape index (κ1) is 19.9. The molecule has 1 aromatic carbocycles. The molecule has 0 amide bonds. The third-order valence-corrected chi connectivity index (χ3v) is 5.77. The molecule has 148 valence electrons. The number of phenols is 1. The molecule has 5 nitrogen and oxygen atoms in total. The van der Waals surface area contributed by atoms with Gasteiger partial charge in [0, 0.05) is 5.92 Å². The van der Waals surface area contributed by atoms with Crippen molar-refractivity contribution in [2.24, 2.45) is 11.8 Å². The maximum atomic E-state index is 12.7. The first-order valence-electron chi connectivity index (χ1n) is 9.71. The molecule has 0 aromatic heterocycles. The van der Waals surface area contributed by atoms with Crippen molar-refractivity contribution in [3.8, 4) is 5.75 Å². The molecule has 1 fully saturated rings. The van der Waals surface area contributed by atoms with Gasteiger partial charge in [0.2, 0.25) is 0 Å². The number of aliphatic hydroxyl groups is 1. The number of carbonyl (C=O) groups is 1. The topological polar surface area (TPSA) is 79.3 Å². The fraction of sp³-hybridized carbons (Fsp3) is 0.591. The predicted molar refractivity (Wildman–Crippen MR) is 103 cm³/mol. The summed E-state index contributed by atoms with van der Waals surface area (Å²) in [6.45, 7) is 8.03. The molecule has 1 saturated heterocycles. The van der Waals surface area contributed by atoms with Crippen molar-refractivity contribution in [2.75, 3.05) is 0 Å². The van der Waals surface area contributed by atoms with Crippen LogP contribution in [0.4, 0.5) is 0 Å². The summed E-state index contributed by atoms with van der Waals surface area (Å²) in [5.41, 5.74) is -0.809. The van der Waals surface area contributed by atoms with Crippen LogP contribution in [0.2, 0.25) is 0 Å². The van der Waals surface area contributed by atoms with Crippen molar-refractivity contribution >= 4 is 5.97 Å². The van der Waals surface area contributed by atoms with Crippen LogP contribution in [-0.2, 0) is 9.47 Å². The van der Waals surface area contributed by atoms with Crippen molar-refractivity contribution in [3.05, 3.63) is 42.0 Å². The fourth-order valence-electron chi connectivity index (χ4n) is 3.91. The molecule has 0 spiro atoms. The third kappa shape index (κ3) is 4.53. The maximum absolute atomic E-state index is 12.7. The Hall–Kier alpha value is -1.85. The van der Waals surface area contributed by atoms with Crippen LogP contribution in [0.3, 0.4) is 0 Å². The summed E-state index contributed by atoms with van der Waals surface area (Å²) in [5, 5.41) is 20.0. The summed E-state index contributed by atoms with van der Waals surface area (Å²) in [6.07, 6.45) is 5.57. The lowest BCUT2D eigenvalue weighted by molar-refractivity contribution is 0.00418. The first-order chi connectivity index (χ1) is 12.6. The molecule has 1 aliphatic carbocycles. The number of phenolic OH excluding ortho intramolecular Hbond substituents is 1. The number of ether oxygens (including phenoxy) is 2. The van der Waals surface area contributed by atoms with Crippen LogP contribution in [0.25, 0.3) is 0 Å². The number of fused-ring (bicyclic) bond motifs is 1. The lowest BCUT2D eigenvalue weighted by Crippen LogP contribution is -2.38. The highest BCUT2D eigenvalue weighted by molar-refractivity contribution is 5.89. The second kappa shape index (κ2) is 7.28. The SMILES string of the molecule is CC(C)C1C=CC(C)(O)CCCC2(C)OC2C1OC(=O)c1ccc(O)cc1. The number of hydrogen-bond donors (Lipinski definition) is 2. The number of aromatic hydroxyl groups is 1. The molecule has 1 aromatic rings. The Balaban J connectivity index is 1.88. The van der Waals surface area contributed by atoms with Gasteiger partial charge >= 0.3 is 5.97 Å². The van der Waals surface area contributed by atoms with Crippen LogP contribution in [0.15, 0.2) is 36.4 Å². The Morgan fingerprint density at radius 3 is 2.52 bits per heavy atom. The Bertz CT molecular complexity index is 706. The molecule has 0 saturated carbocycles. The Morgan fingerprint density at radius 2 is 1.89 bits per heavy atom. The second-order valence-corrected chi connectivity index (χ2v) is 8.66. The average Bonchev–Trinajstić information content (AvgIpc) is 3.24. The highest BCUT2D eigenvalue weighted by atomic mass is 16.6. The lowest BCUT2D eigenvalue weighted by atomic mass is 9.81. The Morgan fingerprint density at radius 1 is 1.22 bits per heavy atom. The number of esters is 1. The number of hydrogen-bond acceptors (Lipinski definition) is 5. The van der Waals surface area contributed by atoms with Crippen LogP contribution in [-0.4, -0.2) is 39.6 Å². The lowest BCUT2D eigenvalue weighted by Gasteiger charge is -2.30. The molecule has 5 heteroatoms. The van der Waals surface area contributed by atoms with Crippen LogP contribution >= 0.6 is 0 Å². The number of epoxide rings is 1. The van der Waals surface area contributed by atoms with E-state index in [9.17, 15) is 15.0 Å². The smallest absolute Gasteiger partial charge is 0.338 e. The zero-order chi connectivity index (χ0) is 19.8. The minimum absolute atomic E-state index is 0.0672. The van der Waals surface area contributed by atoms with Gasteiger partial charge in [-0.05, 0) is 63.3 Å². The van der Waals surface area contributed by atoms with E-state index in [1.807, 2.05) is 19.1 Å². The van der Waals surface area contributed by atoms with Gasteiger partial charge in [-0.3, -0.25) is 0 Å². The maximum Gasteiger partial charge on any atom is 0.338 e. The monoisotopic (exact) mass is 374 g/mol. The molecule has 5 atom stereocenters. The molecule has 1 aliphatic heterocycles. The summed E-state index contributed by atoms with van der Waals surface area (Å²) in [7, 11) is 0. The second-order valence-electron chi connectivity index (χ2n) is 8.66. The van der Waals surface area contributed by atoms with Crippen molar-refractivity contribution in [1.82, 2.24) is 0 Å². The van der Waals surface area contributed by atoms with Crippen LogP contribution < -0.4 is 0 Å². The van der Waals surface area contributed by atoms with E-state index in [4.69, 9.17) is 9.47 Å². The van der Waals surface area contributed by atoms with E-state index in [0.717, 1.165) is 12.8 Å². The molecule has 2 aliphatic rings. The molecule has 2 N–H and O–H groups in total. The third-order valence-electron chi connectivity index (χ3n) is 5.77. The Labute approximate surface area is 161 Å². The molecule has 0 radical (unpaired) electrons. The molecule has 27 heavy (non-hydrogen) atoms. The highest BCUT2D eigenvalue weighted by Crippen LogP contribution is 2.47. The van der Waals surface area contributed by atoms with Crippen LogP contribution in [0, 0.1) is 11.8 Å². The zero-order valence-electron chi connectivity index (χ0n) is 16.5. The van der Waals surface area contributed by atoms with Crippen molar-refractivity contribution in [2.45, 2.75) is 70.4 Å². The minimum Gasteiger partial charge on any atom is -0.508 e. The van der Waals surface area contributed by atoms with E-state index in [2.05, 4.69) is 20.8 Å². The van der Waals surface area contributed by atoms with Gasteiger partial charge in [-0.25, -0.2) is 4.79 Å². The van der Waals surface area contributed by atoms with E-state index in [1.165, 1.54) is 12.1 Å². The number of benzene rings is 1. The Kier molecular flexibility index (Phi) is 5.37. The number of carbonyl (C=O) groups excluding carboxylic acids is 1. The van der Waals surface area contributed by atoms with Gasteiger partial charge in [0.15, 0.2) is 0 Å². The van der Waals surface area contributed by atoms with Crippen molar-refractivity contribution in [1.29, 1.82) is 0 Å². The van der Waals surface area contributed by atoms with E-state index in [-0.39, 0.29) is 29.3 Å². The van der Waals surface area contributed by atoms with E-state index in [0.29, 0.717) is 12.0 Å². The largest absolute Gasteiger partial charge is 0.508 e. The quantitative estimate of drug-likeness (QED) is 0.477. The van der Waals surface area contributed by atoms with Crippen molar-refractivity contribution in [3.63, 3.8) is 0 Å². The first-order valence-corrected chi connectivity index (χ1v) is 9.71. The molecule has 1 heterocycles. The van der Waals surface area contributed by atoms with Gasteiger partial charge in [0.05, 0.1) is 16.8 Å². The normalized spacial score (nSPS) is 36.1. The summed E-state index contributed by atoms with van der Waals surface area (Å²) in [5.74, 6) is -0.181. The van der Waals surface area contributed by atoms with Crippen LogP contribution in [0.5, 0.6) is 5.75 Å². The van der Waals surface area contributed by atoms with E-state index < -0.39 is 17.7 Å². The summed E-state index contributed by atoms with van der Waals surface area (Å²) >= 11 is 0. The van der Waals surface area contributed by atoms with Crippen LogP contribution in [0.1, 0.15) is 57.3 Å². The molecular weight excluding hydrogens is 344 g/mol. The fourth-order valence-corrected chi connectivity index (χ4v) is 3.91. The van der Waals surface area contributed by atoms with Gasteiger partial charge in [0.1, 0.15) is 18.0 Å². The van der Waals surface area contributed by atoms with E-state index in [1.54, 1.807) is 12.1 Å². The van der Waals surface area contributed by atoms with Gasteiger partial charge in [-0.1, -0.05) is 26.0 Å². The van der Waals surface area contributed by atoms with Gasteiger partial charge in [0.25, 0.3) is 0 Å².